The third-order valence-corrected chi connectivity index (χ3v) is 7.45. The van der Waals surface area contributed by atoms with Crippen LogP contribution in [0.2, 0.25) is 0 Å². The van der Waals surface area contributed by atoms with Crippen molar-refractivity contribution >= 4 is 15.2 Å². The molecule has 0 radical (unpaired) electrons. The Balaban J connectivity index is 0.00000760. The molecule has 10 N–H and O–H groups in total. The Labute approximate surface area is 242 Å². The zero-order valence-electron chi connectivity index (χ0n) is 20.7. The van der Waals surface area contributed by atoms with Gasteiger partial charge < -0.3 is 50.2 Å². The summed E-state index contributed by atoms with van der Waals surface area (Å²) in [5.74, 6) is -0.693. The molecule has 0 aromatic heterocycles. The quantitative estimate of drug-likeness (QED) is 0.0901. The maximum absolute atomic E-state index is 12.0. The van der Waals surface area contributed by atoms with Crippen LogP contribution in [0, 0.1) is 0 Å². The van der Waals surface area contributed by atoms with E-state index in [-0.39, 0.29) is 71.3 Å². The van der Waals surface area contributed by atoms with Crippen LogP contribution >= 0.6 is 15.2 Å². The van der Waals surface area contributed by atoms with Gasteiger partial charge in [-0.05, 0) is 0 Å². The Hall–Kier alpha value is -1.38. The van der Waals surface area contributed by atoms with E-state index in [1.807, 2.05) is 0 Å². The van der Waals surface area contributed by atoms with Gasteiger partial charge in [0.1, 0.15) is 24.1 Å². The fraction of sp³-hybridized carbons (Fsp3) is 0.478. The molecule has 14 nitrogen and oxygen atoms in total. The number of aliphatic hydroxyl groups is 4. The molecule has 2 unspecified atom stereocenters. The number of aromatic hydroxyl groups is 2. The number of rotatable bonds is 15. The molecule has 0 bridgehead atoms. The van der Waals surface area contributed by atoms with E-state index in [4.69, 9.17) is 0 Å². The average Bonchev–Trinajstić information content (AvgIpc) is 2.82. The Morgan fingerprint density at radius 1 is 0.625 bits per heavy atom. The smallest absolute Gasteiger partial charge is 0.507 e. The Morgan fingerprint density at radius 2 is 0.925 bits per heavy atom. The first-order chi connectivity index (χ1) is 17.7. The summed E-state index contributed by atoms with van der Waals surface area (Å²) in [6.07, 6.45) is -1.90. The first kappa shape index (κ1) is 38.6. The maximum atomic E-state index is 12.0. The van der Waals surface area contributed by atoms with Gasteiger partial charge in [-0.25, -0.2) is 0 Å². The van der Waals surface area contributed by atoms with Crippen molar-refractivity contribution < 1.29 is 76.4 Å². The van der Waals surface area contributed by atoms with Gasteiger partial charge in [0.2, 0.25) is 0 Å². The summed E-state index contributed by atoms with van der Waals surface area (Å²) in [5, 5.41) is 60.4. The standard InChI is InChI=1S/C22H34N2O12P2.CH4.Fe/c25-9-17-5-1-3-15(21(17)29)7-23(13-37(31,32)33)19(11-27)20(12-28)24(14-38(34,35)36)8-16-4-2-6-18(10-26)22(16)30;;/h1-6,19-20,25-30H,7-14H2,(H2,31,32,33)(H2,34,35,36);1H4;/q;;+2. The van der Waals surface area contributed by atoms with Crippen LogP contribution in [0.15, 0.2) is 36.4 Å². The molecule has 0 aliphatic rings. The minimum absolute atomic E-state index is 0. The van der Waals surface area contributed by atoms with Crippen molar-refractivity contribution in [3.8, 4) is 11.5 Å². The molecule has 2 atom stereocenters. The zero-order valence-corrected chi connectivity index (χ0v) is 23.6. The van der Waals surface area contributed by atoms with E-state index < -0.39 is 66.3 Å². The molecule has 0 aliphatic carbocycles. The SMILES string of the molecule is C.O=P(O)(O)CN(Cc1cccc(CO)c1O)C(CO)C(CO)N(Cc1cccc(CO)c1O)CP(=O)(O)O.[Fe+2]. The zero-order chi connectivity index (χ0) is 28.7. The van der Waals surface area contributed by atoms with Crippen molar-refractivity contribution in [2.75, 3.05) is 25.8 Å². The predicted molar refractivity (Wildman–Crippen MR) is 141 cm³/mol. The number of phenols is 2. The summed E-state index contributed by atoms with van der Waals surface area (Å²) in [7, 11) is -9.61. The third-order valence-electron chi connectivity index (χ3n) is 5.98. The summed E-state index contributed by atoms with van der Waals surface area (Å²) < 4.78 is 24.0. The predicted octanol–water partition coefficient (Wildman–Crippen LogP) is 0.0124. The number of aliphatic hydroxyl groups excluding tert-OH is 4. The van der Waals surface area contributed by atoms with Gasteiger partial charge >= 0.3 is 32.3 Å². The van der Waals surface area contributed by atoms with Crippen LogP contribution in [-0.4, -0.2) is 97.9 Å². The van der Waals surface area contributed by atoms with Crippen LogP contribution in [-0.2, 0) is 52.5 Å². The molecular formula is C23H38FeN2O12P2+2. The summed E-state index contributed by atoms with van der Waals surface area (Å²) in [6, 6.07) is 6.03. The van der Waals surface area contributed by atoms with E-state index in [1.54, 1.807) is 0 Å². The van der Waals surface area contributed by atoms with Gasteiger partial charge in [0.15, 0.2) is 0 Å². The fourth-order valence-electron chi connectivity index (χ4n) is 4.22. The van der Waals surface area contributed by atoms with Gasteiger partial charge in [-0.15, -0.1) is 0 Å². The van der Waals surface area contributed by atoms with Crippen LogP contribution in [0.3, 0.4) is 0 Å². The Morgan fingerprint density at radius 3 is 1.18 bits per heavy atom. The van der Waals surface area contributed by atoms with Crippen molar-refractivity contribution in [3.63, 3.8) is 0 Å². The largest absolute Gasteiger partial charge is 2.00 e. The second-order valence-corrected chi connectivity index (χ2v) is 12.0. The second-order valence-electron chi connectivity index (χ2n) is 8.77. The molecule has 2 aromatic carbocycles. The van der Waals surface area contributed by atoms with E-state index >= 15 is 0 Å². The molecule has 0 spiro atoms. The molecule has 0 heterocycles. The Kier molecular flexibility index (Phi) is 16.3. The minimum atomic E-state index is -4.80. The molecule has 0 saturated carbocycles. The second kappa shape index (κ2) is 16.9. The molecule has 2 aromatic rings. The average molecular weight is 652 g/mol. The summed E-state index contributed by atoms with van der Waals surface area (Å²) >= 11 is 0. The van der Waals surface area contributed by atoms with Crippen molar-refractivity contribution in [1.29, 1.82) is 0 Å². The monoisotopic (exact) mass is 652 g/mol. The summed E-state index contributed by atoms with van der Waals surface area (Å²) in [5.41, 5.74) is 0.547. The fourth-order valence-corrected chi connectivity index (χ4v) is 5.78. The van der Waals surface area contributed by atoms with Gasteiger partial charge in [-0.2, -0.15) is 0 Å². The van der Waals surface area contributed by atoms with E-state index in [0.29, 0.717) is 0 Å². The molecule has 17 heteroatoms. The van der Waals surface area contributed by atoms with Crippen LogP contribution in [0.4, 0.5) is 0 Å². The van der Waals surface area contributed by atoms with Crippen molar-refractivity contribution in [3.05, 3.63) is 58.7 Å². The van der Waals surface area contributed by atoms with Crippen LogP contribution in [0.1, 0.15) is 29.7 Å². The molecular weight excluding hydrogens is 614 g/mol. The number of benzene rings is 2. The van der Waals surface area contributed by atoms with Crippen molar-refractivity contribution in [1.82, 2.24) is 9.80 Å². The first-order valence-electron chi connectivity index (χ1n) is 11.3. The van der Waals surface area contributed by atoms with Gasteiger partial charge in [0.05, 0.1) is 38.5 Å². The van der Waals surface area contributed by atoms with E-state index in [2.05, 4.69) is 0 Å². The van der Waals surface area contributed by atoms with E-state index in [1.165, 1.54) is 36.4 Å². The first-order valence-corrected chi connectivity index (χ1v) is 14.9. The molecule has 228 valence electrons. The molecule has 40 heavy (non-hydrogen) atoms. The minimum Gasteiger partial charge on any atom is -0.507 e. The normalized spacial score (nSPS) is 13.6. The number of para-hydroxylation sites is 2. The maximum Gasteiger partial charge on any atom is 2.00 e. The van der Waals surface area contributed by atoms with E-state index in [9.17, 15) is 59.3 Å². The molecule has 0 fully saturated rings. The number of hydrogen-bond acceptors (Lipinski definition) is 10. The van der Waals surface area contributed by atoms with Crippen LogP contribution in [0.5, 0.6) is 11.5 Å². The third kappa shape index (κ3) is 11.1. The molecule has 0 amide bonds. The van der Waals surface area contributed by atoms with Crippen LogP contribution < -0.4 is 0 Å². The number of hydrogen-bond donors (Lipinski definition) is 10. The van der Waals surface area contributed by atoms with Gasteiger partial charge in [0.25, 0.3) is 0 Å². The summed E-state index contributed by atoms with van der Waals surface area (Å²) in [4.78, 5) is 41.0. The van der Waals surface area contributed by atoms with Crippen LogP contribution in [0.25, 0.3) is 0 Å². The van der Waals surface area contributed by atoms with Crippen molar-refractivity contribution in [2.24, 2.45) is 0 Å². The molecule has 0 aliphatic heterocycles. The van der Waals surface area contributed by atoms with Crippen molar-refractivity contribution in [2.45, 2.75) is 45.8 Å². The summed E-state index contributed by atoms with van der Waals surface area (Å²) in [6.45, 7) is -3.44. The molecule has 2 rings (SSSR count). The van der Waals surface area contributed by atoms with E-state index in [0.717, 1.165) is 9.80 Å². The molecule has 0 saturated heterocycles. The number of nitrogens with zero attached hydrogens (tertiary/aromatic N) is 2. The van der Waals surface area contributed by atoms with Gasteiger partial charge in [-0.1, -0.05) is 43.8 Å². The van der Waals surface area contributed by atoms with Gasteiger partial charge in [0, 0.05) is 35.3 Å². The van der Waals surface area contributed by atoms with Gasteiger partial charge in [-0.3, -0.25) is 18.9 Å². The Bertz CT molecular complexity index is 1070. The topological polar surface area (TPSA) is 243 Å².